The van der Waals surface area contributed by atoms with E-state index in [4.69, 9.17) is 14.7 Å². The molecule has 0 N–H and O–H groups in total. The molecule has 5 heteroatoms. The van der Waals surface area contributed by atoms with Gasteiger partial charge in [0.1, 0.15) is 5.75 Å². The Morgan fingerprint density at radius 2 is 1.59 bits per heavy atom. The number of carbonyl (C=O) groups excluding carboxylic acids is 2. The third-order valence-electron chi connectivity index (χ3n) is 3.00. The maximum absolute atomic E-state index is 11.9. The Morgan fingerprint density at radius 3 is 2.14 bits per heavy atom. The lowest BCUT2D eigenvalue weighted by atomic mass is 10.1. The zero-order valence-electron chi connectivity index (χ0n) is 11.9. The van der Waals surface area contributed by atoms with Gasteiger partial charge in [0.25, 0.3) is 0 Å². The third-order valence-corrected chi connectivity index (χ3v) is 3.00. The molecule has 0 saturated carbocycles. The second kappa shape index (κ2) is 7.04. The van der Waals surface area contributed by atoms with Crippen LogP contribution in [-0.2, 0) is 4.74 Å². The van der Waals surface area contributed by atoms with Crippen LogP contribution in [0.3, 0.4) is 0 Å². The molecular formula is C17H13NO4. The van der Waals surface area contributed by atoms with E-state index in [0.717, 1.165) is 0 Å². The number of ketones is 1. The van der Waals surface area contributed by atoms with E-state index in [-0.39, 0.29) is 12.4 Å². The van der Waals surface area contributed by atoms with Gasteiger partial charge >= 0.3 is 5.97 Å². The number of hydrogen-bond donors (Lipinski definition) is 0. The van der Waals surface area contributed by atoms with Gasteiger partial charge in [0.05, 0.1) is 24.3 Å². The molecule has 0 aliphatic heterocycles. The summed E-state index contributed by atoms with van der Waals surface area (Å²) in [4.78, 5) is 23.7. The van der Waals surface area contributed by atoms with Crippen LogP contribution in [-0.4, -0.2) is 25.5 Å². The first kappa shape index (κ1) is 15.3. The molecule has 2 rings (SSSR count). The van der Waals surface area contributed by atoms with Crippen LogP contribution >= 0.6 is 0 Å². The second-order valence-corrected chi connectivity index (χ2v) is 4.42. The molecule has 0 atom stereocenters. The minimum absolute atomic E-state index is 0.293. The van der Waals surface area contributed by atoms with Crippen molar-refractivity contribution in [2.75, 3.05) is 13.7 Å². The molecule has 0 aliphatic carbocycles. The van der Waals surface area contributed by atoms with Crippen molar-refractivity contribution in [2.45, 2.75) is 0 Å². The van der Waals surface area contributed by atoms with E-state index in [1.54, 1.807) is 24.3 Å². The van der Waals surface area contributed by atoms with Gasteiger partial charge < -0.3 is 9.47 Å². The summed E-state index contributed by atoms with van der Waals surface area (Å²) >= 11 is 0. The third kappa shape index (κ3) is 3.70. The number of esters is 1. The standard InChI is InChI=1S/C17H13NO4/c1-21-15-8-6-13(7-9-15)16(19)11-22-17(20)14-4-2-12(10-18)3-5-14/h2-9H,11H2,1H3. The van der Waals surface area contributed by atoms with Crippen LogP contribution in [0.15, 0.2) is 48.5 Å². The molecule has 0 unspecified atom stereocenters. The van der Waals surface area contributed by atoms with Crippen molar-refractivity contribution in [2.24, 2.45) is 0 Å². The molecule has 0 fully saturated rings. The van der Waals surface area contributed by atoms with Crippen LogP contribution in [0, 0.1) is 11.3 Å². The minimum atomic E-state index is -0.605. The fourth-order valence-corrected chi connectivity index (χ4v) is 1.76. The summed E-state index contributed by atoms with van der Waals surface area (Å²) in [7, 11) is 1.54. The molecule has 2 aromatic carbocycles. The highest BCUT2D eigenvalue weighted by Crippen LogP contribution is 2.12. The van der Waals surface area contributed by atoms with E-state index in [1.165, 1.54) is 31.4 Å². The molecule has 0 bridgehead atoms. The SMILES string of the molecule is COc1ccc(C(=O)COC(=O)c2ccc(C#N)cc2)cc1. The summed E-state index contributed by atoms with van der Waals surface area (Å²) in [5, 5.41) is 8.69. The maximum Gasteiger partial charge on any atom is 0.338 e. The predicted octanol–water partition coefficient (Wildman–Crippen LogP) is 2.61. The van der Waals surface area contributed by atoms with E-state index in [1.807, 2.05) is 6.07 Å². The number of rotatable bonds is 5. The Balaban J connectivity index is 1.94. The van der Waals surface area contributed by atoms with Crippen molar-refractivity contribution in [1.29, 1.82) is 5.26 Å². The van der Waals surface area contributed by atoms with E-state index in [0.29, 0.717) is 22.4 Å². The fraction of sp³-hybridized carbons (Fsp3) is 0.118. The first-order chi connectivity index (χ1) is 10.6. The lowest BCUT2D eigenvalue weighted by Gasteiger charge is -2.05. The highest BCUT2D eigenvalue weighted by molar-refractivity contribution is 5.99. The summed E-state index contributed by atoms with van der Waals surface area (Å²) in [5.41, 5.74) is 1.18. The molecular weight excluding hydrogens is 282 g/mol. The summed E-state index contributed by atoms with van der Waals surface area (Å²) in [6, 6.07) is 14.5. The van der Waals surface area contributed by atoms with Crippen molar-refractivity contribution in [3.05, 3.63) is 65.2 Å². The van der Waals surface area contributed by atoms with Crippen LogP contribution < -0.4 is 4.74 Å². The number of nitrogens with zero attached hydrogens (tertiary/aromatic N) is 1. The maximum atomic E-state index is 11.9. The normalized spacial score (nSPS) is 9.64. The topological polar surface area (TPSA) is 76.4 Å². The van der Waals surface area contributed by atoms with Crippen molar-refractivity contribution in [3.8, 4) is 11.8 Å². The van der Waals surface area contributed by atoms with E-state index in [9.17, 15) is 9.59 Å². The number of ether oxygens (including phenoxy) is 2. The summed E-state index contributed by atoms with van der Waals surface area (Å²) < 4.78 is 9.98. The zero-order chi connectivity index (χ0) is 15.9. The van der Waals surface area contributed by atoms with Crippen LogP contribution in [0.4, 0.5) is 0 Å². The van der Waals surface area contributed by atoms with Gasteiger partial charge in [-0.3, -0.25) is 4.79 Å². The number of nitriles is 1. The molecule has 0 radical (unpaired) electrons. The van der Waals surface area contributed by atoms with Gasteiger partial charge in [-0.2, -0.15) is 5.26 Å². The summed E-state index contributed by atoms with van der Waals surface area (Å²) in [5.74, 6) is -0.262. The van der Waals surface area contributed by atoms with E-state index >= 15 is 0 Å². The van der Waals surface area contributed by atoms with Gasteiger partial charge in [0.15, 0.2) is 12.4 Å². The lowest BCUT2D eigenvalue weighted by molar-refractivity contribution is 0.0474. The van der Waals surface area contributed by atoms with E-state index in [2.05, 4.69) is 0 Å². The first-order valence-electron chi connectivity index (χ1n) is 6.48. The van der Waals surface area contributed by atoms with Gasteiger partial charge in [-0.05, 0) is 48.5 Å². The molecule has 0 amide bonds. The quantitative estimate of drug-likeness (QED) is 0.626. The van der Waals surface area contributed by atoms with Gasteiger partial charge in [0, 0.05) is 5.56 Å². The van der Waals surface area contributed by atoms with Crippen LogP contribution in [0.2, 0.25) is 0 Å². The molecule has 0 aromatic heterocycles. The van der Waals surface area contributed by atoms with Gasteiger partial charge in [-0.1, -0.05) is 0 Å². The Hall–Kier alpha value is -3.13. The van der Waals surface area contributed by atoms with Gasteiger partial charge in [-0.15, -0.1) is 0 Å². The fourth-order valence-electron chi connectivity index (χ4n) is 1.76. The van der Waals surface area contributed by atoms with Crippen LogP contribution in [0.25, 0.3) is 0 Å². The average molecular weight is 295 g/mol. The van der Waals surface area contributed by atoms with Gasteiger partial charge in [-0.25, -0.2) is 4.79 Å². The van der Waals surface area contributed by atoms with Gasteiger partial charge in [0.2, 0.25) is 0 Å². The molecule has 0 aliphatic rings. The molecule has 0 heterocycles. The number of hydrogen-bond acceptors (Lipinski definition) is 5. The van der Waals surface area contributed by atoms with Crippen LogP contribution in [0.5, 0.6) is 5.75 Å². The molecule has 22 heavy (non-hydrogen) atoms. The number of methoxy groups -OCH3 is 1. The molecule has 110 valence electrons. The smallest absolute Gasteiger partial charge is 0.338 e. The lowest BCUT2D eigenvalue weighted by Crippen LogP contribution is -2.14. The number of carbonyl (C=O) groups is 2. The Labute approximate surface area is 127 Å². The summed E-state index contributed by atoms with van der Waals surface area (Å²) in [6.07, 6.45) is 0. The Bertz CT molecular complexity index is 712. The number of Topliss-reactive ketones (excluding diaryl/α,β-unsaturated/α-hetero) is 1. The van der Waals surface area contributed by atoms with Crippen molar-refractivity contribution in [3.63, 3.8) is 0 Å². The zero-order valence-corrected chi connectivity index (χ0v) is 11.9. The molecule has 5 nitrogen and oxygen atoms in total. The van der Waals surface area contributed by atoms with E-state index < -0.39 is 5.97 Å². The monoisotopic (exact) mass is 295 g/mol. The highest BCUT2D eigenvalue weighted by Gasteiger charge is 2.12. The predicted molar refractivity (Wildman–Crippen MR) is 78.8 cm³/mol. The molecule has 2 aromatic rings. The van der Waals surface area contributed by atoms with Crippen molar-refractivity contribution in [1.82, 2.24) is 0 Å². The second-order valence-electron chi connectivity index (χ2n) is 4.42. The van der Waals surface area contributed by atoms with Crippen molar-refractivity contribution < 1.29 is 19.1 Å². The highest BCUT2D eigenvalue weighted by atomic mass is 16.5. The minimum Gasteiger partial charge on any atom is -0.497 e. The summed E-state index contributed by atoms with van der Waals surface area (Å²) in [6.45, 7) is -0.342. The molecule has 0 saturated heterocycles. The number of benzene rings is 2. The van der Waals surface area contributed by atoms with Crippen molar-refractivity contribution >= 4 is 11.8 Å². The molecule has 0 spiro atoms. The van der Waals surface area contributed by atoms with Crippen LogP contribution in [0.1, 0.15) is 26.3 Å². The Morgan fingerprint density at radius 1 is 1.00 bits per heavy atom. The first-order valence-corrected chi connectivity index (χ1v) is 6.48. The largest absolute Gasteiger partial charge is 0.497 e. The average Bonchev–Trinajstić information content (AvgIpc) is 2.59. The Kier molecular flexibility index (Phi) is 4.89.